The van der Waals surface area contributed by atoms with E-state index in [2.05, 4.69) is 5.32 Å². The summed E-state index contributed by atoms with van der Waals surface area (Å²) in [5, 5.41) is 2.70. The predicted octanol–water partition coefficient (Wildman–Crippen LogP) is 2.98. The van der Waals surface area contributed by atoms with Crippen molar-refractivity contribution in [3.63, 3.8) is 0 Å². The van der Waals surface area contributed by atoms with Gasteiger partial charge in [0.15, 0.2) is 11.5 Å². The summed E-state index contributed by atoms with van der Waals surface area (Å²) in [6.45, 7) is 1.94. The molecule has 0 aromatic heterocycles. The third kappa shape index (κ3) is 4.25. The van der Waals surface area contributed by atoms with Crippen molar-refractivity contribution in [3.8, 4) is 11.5 Å². The van der Waals surface area contributed by atoms with Crippen LogP contribution in [0.1, 0.15) is 23.4 Å². The van der Waals surface area contributed by atoms with E-state index in [4.69, 9.17) is 9.47 Å². The van der Waals surface area contributed by atoms with Crippen LogP contribution in [-0.4, -0.2) is 42.7 Å². The van der Waals surface area contributed by atoms with Gasteiger partial charge in [-0.15, -0.1) is 11.8 Å². The zero-order chi connectivity index (χ0) is 20.1. The molecule has 28 heavy (non-hydrogen) atoms. The van der Waals surface area contributed by atoms with Crippen LogP contribution in [0.25, 0.3) is 0 Å². The van der Waals surface area contributed by atoms with Crippen molar-refractivity contribution in [1.29, 1.82) is 0 Å². The zero-order valence-corrected chi connectivity index (χ0v) is 17.0. The van der Waals surface area contributed by atoms with Crippen molar-refractivity contribution in [2.24, 2.45) is 0 Å². The maximum Gasteiger partial charge on any atom is 0.243 e. The fraction of sp³-hybridized carbons (Fsp3) is 0.333. The molecule has 2 unspecified atom stereocenters. The van der Waals surface area contributed by atoms with Crippen molar-refractivity contribution in [2.45, 2.75) is 24.9 Å². The number of ether oxygens (including phenoxy) is 2. The third-order valence-electron chi connectivity index (χ3n) is 4.67. The maximum absolute atomic E-state index is 12.8. The molecule has 1 heterocycles. The number of nitrogens with one attached hydrogen (secondary N) is 1. The van der Waals surface area contributed by atoms with Crippen LogP contribution >= 0.6 is 11.8 Å². The summed E-state index contributed by atoms with van der Waals surface area (Å²) >= 11 is 1.57. The van der Waals surface area contributed by atoms with E-state index >= 15 is 0 Å². The van der Waals surface area contributed by atoms with Gasteiger partial charge in [0.05, 0.1) is 14.2 Å². The Morgan fingerprint density at radius 2 is 1.82 bits per heavy atom. The minimum Gasteiger partial charge on any atom is -0.493 e. The molecule has 0 radical (unpaired) electrons. The molecule has 2 amide bonds. The van der Waals surface area contributed by atoms with Crippen molar-refractivity contribution in [1.82, 2.24) is 10.2 Å². The smallest absolute Gasteiger partial charge is 0.243 e. The molecule has 0 bridgehead atoms. The topological polar surface area (TPSA) is 67.9 Å². The van der Waals surface area contributed by atoms with E-state index < -0.39 is 6.04 Å². The molecule has 3 rings (SSSR count). The minimum absolute atomic E-state index is 0.135. The quantitative estimate of drug-likeness (QED) is 0.807. The summed E-state index contributed by atoms with van der Waals surface area (Å²) in [6, 6.07) is 14.8. The van der Waals surface area contributed by atoms with E-state index in [0.717, 1.165) is 11.1 Å². The number of thioether (sulfide) groups is 1. The van der Waals surface area contributed by atoms with E-state index in [1.807, 2.05) is 48.5 Å². The van der Waals surface area contributed by atoms with Crippen molar-refractivity contribution >= 4 is 23.6 Å². The van der Waals surface area contributed by atoms with Crippen molar-refractivity contribution in [3.05, 3.63) is 59.7 Å². The van der Waals surface area contributed by atoms with Crippen molar-refractivity contribution in [2.75, 3.05) is 20.0 Å². The van der Waals surface area contributed by atoms with Gasteiger partial charge in [0.2, 0.25) is 11.8 Å². The van der Waals surface area contributed by atoms with Gasteiger partial charge in [0.25, 0.3) is 0 Å². The molecule has 2 atom stereocenters. The van der Waals surface area contributed by atoms with Crippen LogP contribution in [0.3, 0.4) is 0 Å². The molecule has 7 heteroatoms. The molecular weight excluding hydrogens is 376 g/mol. The number of carbonyl (C=O) groups excluding carboxylic acids is 2. The van der Waals surface area contributed by atoms with Crippen LogP contribution in [0.4, 0.5) is 0 Å². The average Bonchev–Trinajstić information content (AvgIpc) is 3.18. The number of carbonyl (C=O) groups is 2. The Labute approximate surface area is 169 Å². The Morgan fingerprint density at radius 3 is 2.46 bits per heavy atom. The van der Waals surface area contributed by atoms with Crippen LogP contribution in [0.15, 0.2) is 48.5 Å². The lowest BCUT2D eigenvalue weighted by atomic mass is 10.1. The first-order valence-corrected chi connectivity index (χ1v) is 10.0. The highest BCUT2D eigenvalue weighted by Gasteiger charge is 2.41. The second-order valence-electron chi connectivity index (χ2n) is 6.45. The van der Waals surface area contributed by atoms with Crippen molar-refractivity contribution < 1.29 is 19.1 Å². The normalized spacial score (nSPS) is 18.6. The van der Waals surface area contributed by atoms with Crippen LogP contribution in [0.2, 0.25) is 0 Å². The largest absolute Gasteiger partial charge is 0.493 e. The van der Waals surface area contributed by atoms with Gasteiger partial charge < -0.3 is 19.7 Å². The van der Waals surface area contributed by atoms with Gasteiger partial charge in [-0.05, 0) is 23.3 Å². The molecular formula is C21H24N2O4S. The highest BCUT2D eigenvalue weighted by molar-refractivity contribution is 7.99. The summed E-state index contributed by atoms with van der Waals surface area (Å²) in [4.78, 5) is 26.8. The predicted molar refractivity (Wildman–Crippen MR) is 109 cm³/mol. The van der Waals surface area contributed by atoms with E-state index in [1.54, 1.807) is 30.9 Å². The molecule has 6 nitrogen and oxygen atoms in total. The third-order valence-corrected chi connectivity index (χ3v) is 5.99. The molecule has 1 aliphatic heterocycles. The molecule has 0 saturated carbocycles. The van der Waals surface area contributed by atoms with Gasteiger partial charge >= 0.3 is 0 Å². The van der Waals surface area contributed by atoms with E-state index in [0.29, 0.717) is 23.8 Å². The first-order chi connectivity index (χ1) is 13.5. The Balaban J connectivity index is 1.76. The number of rotatable bonds is 6. The zero-order valence-electron chi connectivity index (χ0n) is 16.2. The lowest BCUT2D eigenvalue weighted by Gasteiger charge is -2.28. The molecule has 0 aliphatic carbocycles. The van der Waals surface area contributed by atoms with E-state index in [-0.39, 0.29) is 17.2 Å². The Bertz CT molecular complexity index is 844. The molecule has 1 fully saturated rings. The first-order valence-electron chi connectivity index (χ1n) is 8.99. The lowest BCUT2D eigenvalue weighted by molar-refractivity contribution is -0.138. The number of amides is 2. The number of hydrogen-bond acceptors (Lipinski definition) is 5. The highest BCUT2D eigenvalue weighted by Crippen LogP contribution is 2.43. The monoisotopic (exact) mass is 400 g/mol. The standard InChI is InChI=1S/C21H24N2O4S/c1-14(24)23-17(20(25)22-12-15-7-5-4-6-8-15)13-28-21(23)16-9-10-18(26-2)19(11-16)27-3/h4-11,17,21H,12-13H2,1-3H3,(H,22,25). The fourth-order valence-corrected chi connectivity index (χ4v) is 4.73. The summed E-state index contributed by atoms with van der Waals surface area (Å²) in [5.74, 6) is 1.49. The van der Waals surface area contributed by atoms with Gasteiger partial charge in [0, 0.05) is 19.2 Å². The number of methoxy groups -OCH3 is 2. The minimum atomic E-state index is -0.510. The van der Waals surface area contributed by atoms with Gasteiger partial charge in [-0.2, -0.15) is 0 Å². The molecule has 2 aromatic rings. The average molecular weight is 401 g/mol. The number of hydrogen-bond donors (Lipinski definition) is 1. The molecule has 0 spiro atoms. The van der Waals surface area contributed by atoms with Gasteiger partial charge in [-0.25, -0.2) is 0 Å². The maximum atomic E-state index is 12.8. The van der Waals surface area contributed by atoms with Gasteiger partial charge in [0.1, 0.15) is 11.4 Å². The Morgan fingerprint density at radius 1 is 1.11 bits per heavy atom. The van der Waals surface area contributed by atoms with Gasteiger partial charge in [-0.1, -0.05) is 36.4 Å². The molecule has 1 N–H and O–H groups in total. The number of benzene rings is 2. The van der Waals surface area contributed by atoms with E-state index in [9.17, 15) is 9.59 Å². The van der Waals surface area contributed by atoms with Crippen LogP contribution in [-0.2, 0) is 16.1 Å². The Kier molecular flexibility index (Phi) is 6.46. The number of nitrogens with zero attached hydrogens (tertiary/aromatic N) is 1. The summed E-state index contributed by atoms with van der Waals surface area (Å²) in [5.41, 5.74) is 1.92. The first kappa shape index (κ1) is 20.1. The fourth-order valence-electron chi connectivity index (χ4n) is 3.26. The molecule has 148 valence electrons. The summed E-state index contributed by atoms with van der Waals surface area (Å²) in [7, 11) is 3.16. The Hall–Kier alpha value is -2.67. The second-order valence-corrected chi connectivity index (χ2v) is 7.56. The van der Waals surface area contributed by atoms with Gasteiger partial charge in [-0.3, -0.25) is 9.59 Å². The lowest BCUT2D eigenvalue weighted by Crippen LogP contribution is -2.47. The van der Waals surface area contributed by atoms with E-state index in [1.165, 1.54) is 6.92 Å². The molecule has 1 saturated heterocycles. The van der Waals surface area contributed by atoms with Crippen LogP contribution in [0, 0.1) is 0 Å². The summed E-state index contributed by atoms with van der Waals surface area (Å²) in [6.07, 6.45) is 0. The van der Waals surface area contributed by atoms with Crippen LogP contribution < -0.4 is 14.8 Å². The van der Waals surface area contributed by atoms with Crippen LogP contribution in [0.5, 0.6) is 11.5 Å². The molecule has 2 aromatic carbocycles. The SMILES string of the molecule is COc1ccc(C2SCC(C(=O)NCc3ccccc3)N2C(C)=O)cc1OC. The second kappa shape index (κ2) is 9.01. The summed E-state index contributed by atoms with van der Waals surface area (Å²) < 4.78 is 10.7. The molecule has 1 aliphatic rings. The highest BCUT2D eigenvalue weighted by atomic mass is 32.2.